The van der Waals surface area contributed by atoms with Crippen molar-refractivity contribution in [3.05, 3.63) is 237 Å². The SMILES string of the molecule is C.Cc1ccc(C(=O)CCCN2CC[C@H]3[C@@H](C2)c2cccc4c2N3CCN4C)cc1.[2H]C1([2H])CN2c3c(cccc3N1C)[C@@H]1CN(CCCC(=O)c3ccc(C)cc3)CC[C@@H]12.[2H]C1([2H])CN2c3c(cccc3N1C)[C@@H]1CN(CCCC(=O)c3ccc(C)cc3)CC[C@@H]12.[2H]C1([2H])N(C)c2cccc3c2N([C@H]2CCN(CCCC(=O)c4ccc(C)cc4)C[C@@H]32)C1([2H])[2H]. The van der Waals surface area contributed by atoms with Crippen LogP contribution in [0.5, 0.6) is 0 Å². The number of ketones is 4. The van der Waals surface area contributed by atoms with Gasteiger partial charge in [-0.3, -0.25) is 19.2 Å². The van der Waals surface area contributed by atoms with E-state index in [0.29, 0.717) is 74.7 Å². The zero-order chi connectivity index (χ0) is 87.0. The Kier molecular flexibility index (Phi) is 21.9. The maximum absolute atomic E-state index is 12.5. The van der Waals surface area contributed by atoms with Crippen LogP contribution in [0.15, 0.2) is 170 Å². The number of para-hydroxylation sites is 4. The van der Waals surface area contributed by atoms with E-state index in [4.69, 9.17) is 11.0 Å². The zero-order valence-electron chi connectivity index (χ0n) is 77.6. The average molecular weight is 1580 g/mol. The number of fused-ring (bicyclic) bond motifs is 12. The minimum atomic E-state index is -2.12. The highest BCUT2D eigenvalue weighted by Gasteiger charge is 2.49. The molecule has 12 aliphatic heterocycles. The van der Waals surface area contributed by atoms with Crippen molar-refractivity contribution < 1.29 is 30.1 Å². The third kappa shape index (κ3) is 16.9. The molecular formula is C101H128N12O4. The third-order valence-corrected chi connectivity index (χ3v) is 27.5. The van der Waals surface area contributed by atoms with E-state index in [1.54, 1.807) is 27.3 Å². The van der Waals surface area contributed by atoms with Crippen LogP contribution in [0, 0.1) is 27.7 Å². The van der Waals surface area contributed by atoms with E-state index < -0.39 is 26.0 Å². The van der Waals surface area contributed by atoms with Crippen LogP contribution >= 0.6 is 0 Å². The van der Waals surface area contributed by atoms with E-state index in [1.165, 1.54) is 61.9 Å². The maximum Gasteiger partial charge on any atom is 0.162 e. The molecule has 12 heterocycles. The molecule has 616 valence electrons. The van der Waals surface area contributed by atoms with Gasteiger partial charge in [0.2, 0.25) is 0 Å². The first kappa shape index (κ1) is 71.8. The van der Waals surface area contributed by atoms with E-state index in [9.17, 15) is 19.2 Å². The first-order valence-corrected chi connectivity index (χ1v) is 43.3. The lowest BCUT2D eigenvalue weighted by Gasteiger charge is -2.41. The number of aryl methyl sites for hydroxylation is 4. The molecule has 16 heteroatoms. The fourth-order valence-corrected chi connectivity index (χ4v) is 21.2. The fourth-order valence-electron chi connectivity index (χ4n) is 21.2. The number of rotatable bonds is 20. The molecule has 12 aliphatic rings. The zero-order valence-corrected chi connectivity index (χ0v) is 69.6. The normalized spacial score (nSPS) is 25.6. The van der Waals surface area contributed by atoms with Gasteiger partial charge in [0, 0.05) is 228 Å². The molecule has 0 saturated carbocycles. The summed E-state index contributed by atoms with van der Waals surface area (Å²) in [5, 5.41) is 0. The van der Waals surface area contributed by atoms with Crippen LogP contribution in [0.3, 0.4) is 0 Å². The Morgan fingerprint density at radius 2 is 0.556 bits per heavy atom. The number of hydrogen-bond acceptors (Lipinski definition) is 16. The van der Waals surface area contributed by atoms with Gasteiger partial charge < -0.3 is 58.8 Å². The first-order valence-electron chi connectivity index (χ1n) is 47.3. The molecule has 0 radical (unpaired) electrons. The minimum absolute atomic E-state index is 0. The number of benzene rings is 8. The number of anilines is 8. The Hall–Kier alpha value is -9.32. The second kappa shape index (κ2) is 35.7. The summed E-state index contributed by atoms with van der Waals surface area (Å²) in [4.78, 5) is 76.5. The topological polar surface area (TPSA) is 107 Å². The van der Waals surface area contributed by atoms with Crippen LogP contribution in [0.25, 0.3) is 0 Å². The lowest BCUT2D eigenvalue weighted by Crippen LogP contribution is -2.49. The van der Waals surface area contributed by atoms with Crippen molar-refractivity contribution in [2.24, 2.45) is 0 Å². The van der Waals surface area contributed by atoms with E-state index >= 15 is 0 Å². The van der Waals surface area contributed by atoms with Gasteiger partial charge in [0.25, 0.3) is 0 Å². The van der Waals surface area contributed by atoms with Gasteiger partial charge in [-0.25, -0.2) is 0 Å². The predicted octanol–water partition coefficient (Wildman–Crippen LogP) is 17.0. The molecule has 20 rings (SSSR count). The third-order valence-electron chi connectivity index (χ3n) is 27.5. The highest BCUT2D eigenvalue weighted by atomic mass is 16.1. The highest BCUT2D eigenvalue weighted by molar-refractivity contribution is 5.98. The molecule has 8 aromatic carbocycles. The highest BCUT2D eigenvalue weighted by Crippen LogP contribution is 2.55. The molecule has 0 N–H and O–H groups in total. The monoisotopic (exact) mass is 1580 g/mol. The number of likely N-dealkylation sites (N-methyl/N-ethyl adjacent to an activating group) is 4. The van der Waals surface area contributed by atoms with Crippen molar-refractivity contribution in [3.8, 4) is 0 Å². The lowest BCUT2D eigenvalue weighted by molar-refractivity contribution is 0.0963. The number of Topliss-reactive ketones (excluding diaryl/α,β-unsaturated/α-hetero) is 4. The largest absolute Gasteiger partial charge is 0.371 e. The first-order chi connectivity index (χ1) is 59.4. The van der Waals surface area contributed by atoms with Crippen LogP contribution in [0.1, 0.15) is 205 Å². The molecule has 0 aliphatic carbocycles. The number of nitrogens with zero attached hydrogens (tertiary/aromatic N) is 12. The summed E-state index contributed by atoms with van der Waals surface area (Å²) in [7, 11) is 7.59. The number of likely N-dealkylation sites (tertiary alicyclic amines) is 4. The second-order valence-corrected chi connectivity index (χ2v) is 34.9. The number of carbonyl (C=O) groups is 4. The van der Waals surface area contributed by atoms with E-state index in [-0.39, 0.29) is 42.5 Å². The van der Waals surface area contributed by atoms with Gasteiger partial charge in [0.15, 0.2) is 23.1 Å². The van der Waals surface area contributed by atoms with Crippen molar-refractivity contribution >= 4 is 68.6 Å². The molecule has 0 bridgehead atoms. The maximum atomic E-state index is 12.5. The van der Waals surface area contributed by atoms with E-state index in [2.05, 4.69) is 114 Å². The lowest BCUT2D eigenvalue weighted by atomic mass is 9.89. The number of carbonyl (C=O) groups excluding carboxylic acids is 4. The molecular weight excluding hydrogens is 1450 g/mol. The molecule has 0 unspecified atom stereocenters. The molecule has 8 atom stereocenters. The van der Waals surface area contributed by atoms with Crippen molar-refractivity contribution in [3.63, 3.8) is 0 Å². The summed E-state index contributed by atoms with van der Waals surface area (Å²) in [6.07, 6.45) is 9.96. The Morgan fingerprint density at radius 1 is 0.299 bits per heavy atom. The van der Waals surface area contributed by atoms with Crippen molar-refractivity contribution in [2.75, 3.05) is 198 Å². The van der Waals surface area contributed by atoms with Crippen LogP contribution in [-0.2, 0) is 0 Å². The quantitative estimate of drug-likeness (QED) is 0.0675. The van der Waals surface area contributed by atoms with Gasteiger partial charge in [0.05, 0.1) is 56.5 Å². The molecule has 0 aromatic heterocycles. The molecule has 0 amide bonds. The molecule has 16 nitrogen and oxygen atoms in total. The van der Waals surface area contributed by atoms with Crippen LogP contribution in [-0.4, -0.2) is 226 Å². The molecule has 4 fully saturated rings. The second-order valence-electron chi connectivity index (χ2n) is 34.9. The van der Waals surface area contributed by atoms with E-state index in [1.807, 2.05) is 144 Å². The standard InChI is InChI=1S/4C25H31N3O.CH4/c4*1-18-8-10-19(11-9-18)24(29)7-4-13-27-14-12-22-21(17-27)20-5-3-6-23-25(20)28(22)16-15-26(23)2;/h4*3,5-6,8-11,21-22H,4,7,12-17H2,1-2H3;1H4/t4*21-,22-;/m0000./s1/i15D2,16D2;2*15D2;;. The Bertz CT molecular complexity index is 5090. The van der Waals surface area contributed by atoms with Crippen molar-refractivity contribution in [1.29, 1.82) is 0 Å². The Balaban J connectivity index is 0.000000123. The predicted molar refractivity (Wildman–Crippen MR) is 484 cm³/mol. The van der Waals surface area contributed by atoms with Crippen LogP contribution in [0.2, 0.25) is 0 Å². The Labute approximate surface area is 709 Å². The summed E-state index contributed by atoms with van der Waals surface area (Å²) in [5.74, 6) is 2.49. The summed E-state index contributed by atoms with van der Waals surface area (Å²) < 4.78 is 68.4. The van der Waals surface area contributed by atoms with Gasteiger partial charge in [-0.2, -0.15) is 0 Å². The minimum Gasteiger partial charge on any atom is -0.371 e. The van der Waals surface area contributed by atoms with Gasteiger partial charge in [-0.1, -0.05) is 175 Å². The van der Waals surface area contributed by atoms with Crippen molar-refractivity contribution in [1.82, 2.24) is 19.6 Å². The van der Waals surface area contributed by atoms with Gasteiger partial charge in [-0.05, 0) is 152 Å². The van der Waals surface area contributed by atoms with Gasteiger partial charge in [-0.15, -0.1) is 0 Å². The fraction of sp³-hybridized carbons (Fsp3) is 0.485. The average Bonchev–Trinajstić information content (AvgIpc) is 1.55. The van der Waals surface area contributed by atoms with Crippen molar-refractivity contribution in [2.45, 2.75) is 160 Å². The molecule has 8 aromatic rings. The van der Waals surface area contributed by atoms with E-state index in [0.717, 1.165) is 193 Å². The molecule has 0 spiro atoms. The number of piperidine rings is 4. The summed E-state index contributed by atoms with van der Waals surface area (Å²) in [6, 6.07) is 58.3. The molecule has 4 saturated heterocycles. The summed E-state index contributed by atoms with van der Waals surface area (Å²) in [6.45, 7) is 16.0. The van der Waals surface area contributed by atoms with Crippen LogP contribution < -0.4 is 39.2 Å². The molecule has 117 heavy (non-hydrogen) atoms. The summed E-state index contributed by atoms with van der Waals surface area (Å²) in [5.41, 5.74) is 22.4. The summed E-state index contributed by atoms with van der Waals surface area (Å²) >= 11 is 0. The Morgan fingerprint density at radius 3 is 0.855 bits per heavy atom. The number of hydrogen-bond donors (Lipinski definition) is 0. The van der Waals surface area contributed by atoms with Gasteiger partial charge >= 0.3 is 0 Å². The van der Waals surface area contributed by atoms with Crippen LogP contribution in [0.4, 0.5) is 45.5 Å². The smallest absolute Gasteiger partial charge is 0.162 e. The van der Waals surface area contributed by atoms with Gasteiger partial charge in [0.1, 0.15) is 0 Å².